The van der Waals surface area contributed by atoms with Gasteiger partial charge in [-0.15, -0.1) is 0 Å². The number of benzene rings is 1. The van der Waals surface area contributed by atoms with Crippen LogP contribution < -0.4 is 11.1 Å². The first-order chi connectivity index (χ1) is 8.60. The van der Waals surface area contributed by atoms with Gasteiger partial charge in [0.2, 0.25) is 5.91 Å². The van der Waals surface area contributed by atoms with Crippen LogP contribution in [0.5, 0.6) is 0 Å². The number of hydrogen-bond donors (Lipinski definition) is 3. The van der Waals surface area contributed by atoms with Crippen LogP contribution in [-0.4, -0.2) is 34.7 Å². The molecule has 96 valence electrons. The SMILES string of the molecule is CNC(CSc1nc2ccc(C)cc2[nH]1)C(N)=O. The molecule has 4 N–H and O–H groups in total. The summed E-state index contributed by atoms with van der Waals surface area (Å²) in [6, 6.07) is 5.72. The summed E-state index contributed by atoms with van der Waals surface area (Å²) in [6.07, 6.45) is 0. The molecule has 1 heterocycles. The maximum atomic E-state index is 11.1. The van der Waals surface area contributed by atoms with E-state index in [1.807, 2.05) is 19.1 Å². The largest absolute Gasteiger partial charge is 0.368 e. The van der Waals surface area contributed by atoms with Gasteiger partial charge in [0, 0.05) is 5.75 Å². The van der Waals surface area contributed by atoms with E-state index in [1.54, 1.807) is 7.05 Å². The Kier molecular flexibility index (Phi) is 3.88. The molecule has 0 radical (unpaired) electrons. The van der Waals surface area contributed by atoms with Crippen LogP contribution in [0.4, 0.5) is 0 Å². The van der Waals surface area contributed by atoms with Crippen LogP contribution >= 0.6 is 11.8 Å². The van der Waals surface area contributed by atoms with E-state index in [4.69, 9.17) is 5.73 Å². The zero-order valence-corrected chi connectivity index (χ0v) is 11.2. The van der Waals surface area contributed by atoms with Crippen molar-refractivity contribution >= 4 is 28.7 Å². The van der Waals surface area contributed by atoms with E-state index in [1.165, 1.54) is 17.3 Å². The lowest BCUT2D eigenvalue weighted by Gasteiger charge is -2.09. The molecule has 1 unspecified atom stereocenters. The van der Waals surface area contributed by atoms with Crippen LogP contribution in [0.1, 0.15) is 5.56 Å². The molecule has 0 saturated carbocycles. The fraction of sp³-hybridized carbons (Fsp3) is 0.333. The van der Waals surface area contributed by atoms with Gasteiger partial charge in [-0.1, -0.05) is 17.8 Å². The third-order valence-electron chi connectivity index (χ3n) is 2.69. The molecule has 1 aromatic carbocycles. The van der Waals surface area contributed by atoms with E-state index >= 15 is 0 Å². The molecule has 1 amide bonds. The van der Waals surface area contributed by atoms with Crippen LogP contribution in [0.15, 0.2) is 23.4 Å². The number of aromatic nitrogens is 2. The minimum atomic E-state index is -0.350. The number of H-pyrrole nitrogens is 1. The minimum Gasteiger partial charge on any atom is -0.368 e. The van der Waals surface area contributed by atoms with Gasteiger partial charge in [-0.2, -0.15) is 0 Å². The van der Waals surface area contributed by atoms with Crippen molar-refractivity contribution in [1.29, 1.82) is 0 Å². The van der Waals surface area contributed by atoms with E-state index < -0.39 is 0 Å². The molecule has 2 aromatic rings. The van der Waals surface area contributed by atoms with Gasteiger partial charge in [0.05, 0.1) is 17.1 Å². The van der Waals surface area contributed by atoms with Gasteiger partial charge >= 0.3 is 0 Å². The number of likely N-dealkylation sites (N-methyl/N-ethyl adjacent to an activating group) is 1. The van der Waals surface area contributed by atoms with Gasteiger partial charge < -0.3 is 16.0 Å². The maximum Gasteiger partial charge on any atom is 0.235 e. The molecule has 0 spiro atoms. The number of primary amides is 1. The lowest BCUT2D eigenvalue weighted by molar-refractivity contribution is -0.119. The molecule has 0 aliphatic carbocycles. The zero-order chi connectivity index (χ0) is 13.1. The van der Waals surface area contributed by atoms with Crippen LogP contribution in [-0.2, 0) is 4.79 Å². The van der Waals surface area contributed by atoms with Gasteiger partial charge in [0.25, 0.3) is 0 Å². The molecular weight excluding hydrogens is 248 g/mol. The summed E-state index contributed by atoms with van der Waals surface area (Å²) in [5.74, 6) is 0.210. The second-order valence-electron chi connectivity index (χ2n) is 4.12. The Balaban J connectivity index is 2.10. The minimum absolute atomic E-state index is 0.343. The smallest absolute Gasteiger partial charge is 0.235 e. The van der Waals surface area contributed by atoms with Crippen LogP contribution in [0.25, 0.3) is 11.0 Å². The fourth-order valence-electron chi connectivity index (χ4n) is 1.64. The van der Waals surface area contributed by atoms with Crippen molar-refractivity contribution in [2.45, 2.75) is 18.1 Å². The summed E-state index contributed by atoms with van der Waals surface area (Å²) in [6.45, 7) is 2.04. The van der Waals surface area contributed by atoms with Crippen molar-refractivity contribution in [2.75, 3.05) is 12.8 Å². The molecule has 1 atom stereocenters. The summed E-state index contributed by atoms with van der Waals surface area (Å²) >= 11 is 1.48. The summed E-state index contributed by atoms with van der Waals surface area (Å²) in [5.41, 5.74) is 8.39. The molecular formula is C12H16N4OS. The molecule has 0 saturated heterocycles. The van der Waals surface area contributed by atoms with Gasteiger partial charge in [0.15, 0.2) is 5.16 Å². The third kappa shape index (κ3) is 2.83. The van der Waals surface area contributed by atoms with Gasteiger partial charge in [-0.25, -0.2) is 4.98 Å². The Bertz CT molecular complexity index is 566. The second-order valence-corrected chi connectivity index (χ2v) is 5.13. The van der Waals surface area contributed by atoms with E-state index in [9.17, 15) is 4.79 Å². The number of carbonyl (C=O) groups excluding carboxylic acids is 1. The molecule has 5 nitrogen and oxygen atoms in total. The number of aromatic amines is 1. The number of hydrogen-bond acceptors (Lipinski definition) is 4. The highest BCUT2D eigenvalue weighted by atomic mass is 32.2. The Morgan fingerprint density at radius 2 is 2.39 bits per heavy atom. The van der Waals surface area contributed by atoms with Crippen LogP contribution in [0.2, 0.25) is 0 Å². The first-order valence-electron chi connectivity index (χ1n) is 5.66. The molecule has 1 aromatic heterocycles. The topological polar surface area (TPSA) is 83.8 Å². The van der Waals surface area contributed by atoms with Gasteiger partial charge in [-0.3, -0.25) is 4.79 Å². The zero-order valence-electron chi connectivity index (χ0n) is 10.4. The van der Waals surface area contributed by atoms with E-state index in [-0.39, 0.29) is 11.9 Å². The molecule has 0 bridgehead atoms. The van der Waals surface area contributed by atoms with Crippen molar-refractivity contribution in [3.05, 3.63) is 23.8 Å². The predicted octanol–water partition coefficient (Wildman–Crippen LogP) is 1.04. The molecule has 6 heteroatoms. The average molecular weight is 264 g/mol. The summed E-state index contributed by atoms with van der Waals surface area (Å²) in [5, 5.41) is 3.68. The Labute approximate surface area is 110 Å². The summed E-state index contributed by atoms with van der Waals surface area (Å²) < 4.78 is 0. The van der Waals surface area contributed by atoms with Crippen molar-refractivity contribution in [3.63, 3.8) is 0 Å². The number of fused-ring (bicyclic) bond motifs is 1. The summed E-state index contributed by atoms with van der Waals surface area (Å²) in [7, 11) is 1.72. The maximum absolute atomic E-state index is 11.1. The Morgan fingerprint density at radius 1 is 1.61 bits per heavy atom. The lowest BCUT2D eigenvalue weighted by Crippen LogP contribution is -2.41. The lowest BCUT2D eigenvalue weighted by atomic mass is 10.2. The normalized spacial score (nSPS) is 12.8. The second kappa shape index (κ2) is 5.41. The first-order valence-corrected chi connectivity index (χ1v) is 6.64. The van der Waals surface area contributed by atoms with E-state index in [0.717, 1.165) is 16.2 Å². The quantitative estimate of drug-likeness (QED) is 0.704. The van der Waals surface area contributed by atoms with E-state index in [2.05, 4.69) is 21.4 Å². The molecule has 2 rings (SSSR count). The summed E-state index contributed by atoms with van der Waals surface area (Å²) in [4.78, 5) is 18.8. The van der Waals surface area contributed by atoms with Crippen LogP contribution in [0, 0.1) is 6.92 Å². The highest BCUT2D eigenvalue weighted by molar-refractivity contribution is 7.99. The number of nitrogens with one attached hydrogen (secondary N) is 2. The Hall–Kier alpha value is -1.53. The average Bonchev–Trinajstić information content (AvgIpc) is 2.71. The number of amides is 1. The first kappa shape index (κ1) is 12.9. The highest BCUT2D eigenvalue weighted by Crippen LogP contribution is 2.20. The number of rotatable bonds is 5. The van der Waals surface area contributed by atoms with Gasteiger partial charge in [0.1, 0.15) is 0 Å². The fourth-order valence-corrected chi connectivity index (χ4v) is 2.64. The molecule has 0 aliphatic heterocycles. The molecule has 0 fully saturated rings. The monoisotopic (exact) mass is 264 g/mol. The van der Waals surface area contributed by atoms with Crippen molar-refractivity contribution < 1.29 is 4.79 Å². The number of nitrogens with two attached hydrogens (primary N) is 1. The van der Waals surface area contributed by atoms with Gasteiger partial charge in [-0.05, 0) is 31.7 Å². The van der Waals surface area contributed by atoms with Crippen molar-refractivity contribution in [3.8, 4) is 0 Å². The number of imidazole rings is 1. The molecule has 18 heavy (non-hydrogen) atoms. The number of nitrogens with zero attached hydrogens (tertiary/aromatic N) is 1. The van der Waals surface area contributed by atoms with E-state index in [0.29, 0.717) is 5.75 Å². The predicted molar refractivity (Wildman–Crippen MR) is 73.6 cm³/mol. The highest BCUT2D eigenvalue weighted by Gasteiger charge is 2.14. The molecule has 0 aliphatic rings. The van der Waals surface area contributed by atoms with Crippen molar-refractivity contribution in [1.82, 2.24) is 15.3 Å². The number of aryl methyl sites for hydroxylation is 1. The number of thioether (sulfide) groups is 1. The third-order valence-corrected chi connectivity index (χ3v) is 3.66. The van der Waals surface area contributed by atoms with Crippen LogP contribution in [0.3, 0.4) is 0 Å². The van der Waals surface area contributed by atoms with Crippen molar-refractivity contribution in [2.24, 2.45) is 5.73 Å². The Morgan fingerprint density at radius 3 is 3.06 bits per heavy atom. The number of carbonyl (C=O) groups is 1. The standard InChI is InChI=1S/C12H16N4OS/c1-7-3-4-8-9(5-7)16-12(15-8)18-6-10(14-2)11(13)17/h3-5,10,14H,6H2,1-2H3,(H2,13,17)(H,15,16).